The van der Waals surface area contributed by atoms with Crippen LogP contribution in [0.4, 0.5) is 13.2 Å². The third-order valence-corrected chi connectivity index (χ3v) is 5.04. The van der Waals surface area contributed by atoms with Crippen molar-refractivity contribution in [2.75, 3.05) is 0 Å². The first kappa shape index (κ1) is 19.8. The number of hydrogen-bond acceptors (Lipinski definition) is 4. The first-order chi connectivity index (χ1) is 13.1. The molecule has 0 N–H and O–H groups in total. The lowest BCUT2D eigenvalue weighted by molar-refractivity contribution is -0.137. The minimum absolute atomic E-state index is 0.0156. The van der Waals surface area contributed by atoms with E-state index in [9.17, 15) is 23.2 Å². The van der Waals surface area contributed by atoms with Crippen LogP contribution in [0.1, 0.15) is 33.0 Å². The minimum atomic E-state index is -4.81. The maximum atomic E-state index is 13.5. The molecule has 0 aliphatic rings. The van der Waals surface area contributed by atoms with Crippen LogP contribution in [-0.4, -0.2) is 9.55 Å². The summed E-state index contributed by atoms with van der Waals surface area (Å²) in [5, 5.41) is 11.8. The molecule has 0 bridgehead atoms. The zero-order chi connectivity index (χ0) is 20.6. The standard InChI is InChI=1S/C20H16F3N3OS/c1-11-4-12(2)6-14(5-11)18-7-17(20(21,22)23)16(8-24)19(27)26(18)9-15-10-28-13(3)25-15/h4-7,10H,9H2,1-3H3. The Bertz CT molecular complexity index is 1130. The Morgan fingerprint density at radius 2 is 1.79 bits per heavy atom. The van der Waals surface area contributed by atoms with Crippen molar-refractivity contribution in [1.29, 1.82) is 5.26 Å². The molecule has 28 heavy (non-hydrogen) atoms. The number of alkyl halides is 3. The summed E-state index contributed by atoms with van der Waals surface area (Å²) in [7, 11) is 0. The number of thiazole rings is 1. The van der Waals surface area contributed by atoms with Crippen molar-refractivity contribution in [3.05, 3.63) is 73.0 Å². The number of benzene rings is 1. The fraction of sp³-hybridized carbons (Fsp3) is 0.250. The summed E-state index contributed by atoms with van der Waals surface area (Å²) >= 11 is 1.38. The highest BCUT2D eigenvalue weighted by Crippen LogP contribution is 2.34. The molecule has 144 valence electrons. The van der Waals surface area contributed by atoms with E-state index in [-0.39, 0.29) is 12.2 Å². The van der Waals surface area contributed by atoms with Crippen LogP contribution in [0, 0.1) is 32.1 Å². The molecule has 0 unspecified atom stereocenters. The number of pyridine rings is 1. The average molecular weight is 403 g/mol. The number of nitriles is 1. The summed E-state index contributed by atoms with van der Waals surface area (Å²) < 4.78 is 41.8. The van der Waals surface area contributed by atoms with Gasteiger partial charge in [0.25, 0.3) is 5.56 Å². The lowest BCUT2D eigenvalue weighted by Crippen LogP contribution is -2.28. The van der Waals surface area contributed by atoms with E-state index in [0.29, 0.717) is 11.3 Å². The second-order valence-electron chi connectivity index (χ2n) is 6.55. The van der Waals surface area contributed by atoms with E-state index in [4.69, 9.17) is 0 Å². The Morgan fingerprint density at radius 1 is 1.14 bits per heavy atom. The van der Waals surface area contributed by atoms with Crippen LogP contribution in [0.15, 0.2) is 34.4 Å². The van der Waals surface area contributed by atoms with E-state index < -0.39 is 22.9 Å². The molecular formula is C20H16F3N3OS. The monoisotopic (exact) mass is 403 g/mol. The Kier molecular flexibility index (Phi) is 5.13. The molecule has 3 rings (SSSR count). The molecule has 4 nitrogen and oxygen atoms in total. The molecule has 0 radical (unpaired) electrons. The molecule has 0 spiro atoms. The first-order valence-electron chi connectivity index (χ1n) is 8.35. The summed E-state index contributed by atoms with van der Waals surface area (Å²) in [6, 6.07) is 7.65. The molecule has 8 heteroatoms. The van der Waals surface area contributed by atoms with Gasteiger partial charge in [0.15, 0.2) is 0 Å². The quantitative estimate of drug-likeness (QED) is 0.629. The summed E-state index contributed by atoms with van der Waals surface area (Å²) in [4.78, 5) is 17.2. The first-order valence-corrected chi connectivity index (χ1v) is 9.23. The molecule has 0 saturated carbocycles. The predicted molar refractivity (Wildman–Crippen MR) is 101 cm³/mol. The van der Waals surface area contributed by atoms with E-state index >= 15 is 0 Å². The van der Waals surface area contributed by atoms with Gasteiger partial charge in [-0.1, -0.05) is 17.2 Å². The lowest BCUT2D eigenvalue weighted by Gasteiger charge is -2.17. The van der Waals surface area contributed by atoms with Crippen molar-refractivity contribution >= 4 is 11.3 Å². The van der Waals surface area contributed by atoms with Gasteiger partial charge in [-0.05, 0) is 44.5 Å². The predicted octanol–water partition coefficient (Wildman–Crippen LogP) is 4.84. The highest BCUT2D eigenvalue weighted by Gasteiger charge is 2.36. The molecule has 3 aromatic rings. The Morgan fingerprint density at radius 3 is 2.29 bits per heavy atom. The molecule has 0 fully saturated rings. The van der Waals surface area contributed by atoms with Crippen LogP contribution >= 0.6 is 11.3 Å². The second-order valence-corrected chi connectivity index (χ2v) is 7.62. The Labute approximate surface area is 163 Å². The summed E-state index contributed by atoms with van der Waals surface area (Å²) in [5.41, 5.74) is -0.249. The summed E-state index contributed by atoms with van der Waals surface area (Å²) in [5.74, 6) is 0. The Hall–Kier alpha value is -2.92. The van der Waals surface area contributed by atoms with Crippen molar-refractivity contribution in [3.63, 3.8) is 0 Å². The van der Waals surface area contributed by atoms with Crippen molar-refractivity contribution in [3.8, 4) is 17.3 Å². The van der Waals surface area contributed by atoms with Crippen molar-refractivity contribution in [1.82, 2.24) is 9.55 Å². The van der Waals surface area contributed by atoms with Crippen LogP contribution in [0.5, 0.6) is 0 Å². The maximum Gasteiger partial charge on any atom is 0.417 e. The molecular weight excluding hydrogens is 387 g/mol. The second kappa shape index (κ2) is 7.24. The molecule has 0 aliphatic carbocycles. The third kappa shape index (κ3) is 3.85. The van der Waals surface area contributed by atoms with Crippen molar-refractivity contribution in [2.45, 2.75) is 33.5 Å². The van der Waals surface area contributed by atoms with Gasteiger partial charge < -0.3 is 4.57 Å². The van der Waals surface area contributed by atoms with Gasteiger partial charge >= 0.3 is 6.18 Å². The largest absolute Gasteiger partial charge is 0.417 e. The number of rotatable bonds is 3. The highest BCUT2D eigenvalue weighted by atomic mass is 32.1. The van der Waals surface area contributed by atoms with E-state index in [1.807, 2.05) is 19.9 Å². The summed E-state index contributed by atoms with van der Waals surface area (Å²) in [6.45, 7) is 5.45. The van der Waals surface area contributed by atoms with Crippen LogP contribution in [0.3, 0.4) is 0 Å². The summed E-state index contributed by atoms with van der Waals surface area (Å²) in [6.07, 6.45) is -4.81. The smallest absolute Gasteiger partial charge is 0.301 e. The van der Waals surface area contributed by atoms with E-state index in [2.05, 4.69) is 4.98 Å². The normalized spacial score (nSPS) is 11.5. The van der Waals surface area contributed by atoms with Gasteiger partial charge in [-0.15, -0.1) is 11.3 Å². The molecule has 1 aromatic carbocycles. The SMILES string of the molecule is Cc1cc(C)cc(-c2cc(C(F)(F)F)c(C#N)c(=O)n2Cc2csc(C)n2)c1. The van der Waals surface area contributed by atoms with Crippen LogP contribution in [-0.2, 0) is 12.7 Å². The van der Waals surface area contributed by atoms with Gasteiger partial charge in [0.1, 0.15) is 11.6 Å². The molecule has 0 aliphatic heterocycles. The molecule has 2 aromatic heterocycles. The number of aryl methyl sites for hydroxylation is 3. The molecule has 0 atom stereocenters. The molecule has 0 saturated heterocycles. The van der Waals surface area contributed by atoms with E-state index in [1.165, 1.54) is 22.0 Å². The van der Waals surface area contributed by atoms with Gasteiger partial charge in [0.05, 0.1) is 28.5 Å². The lowest BCUT2D eigenvalue weighted by atomic mass is 10.0. The topological polar surface area (TPSA) is 58.7 Å². The van der Waals surface area contributed by atoms with Gasteiger partial charge in [-0.3, -0.25) is 4.79 Å². The van der Waals surface area contributed by atoms with Crippen LogP contribution in [0.25, 0.3) is 11.3 Å². The van der Waals surface area contributed by atoms with Crippen molar-refractivity contribution in [2.24, 2.45) is 0 Å². The minimum Gasteiger partial charge on any atom is -0.301 e. The van der Waals surface area contributed by atoms with Gasteiger partial charge in [0.2, 0.25) is 0 Å². The van der Waals surface area contributed by atoms with Gasteiger partial charge in [-0.2, -0.15) is 18.4 Å². The zero-order valence-electron chi connectivity index (χ0n) is 15.4. The molecule has 2 heterocycles. The van der Waals surface area contributed by atoms with Gasteiger partial charge in [-0.25, -0.2) is 4.98 Å². The van der Waals surface area contributed by atoms with E-state index in [0.717, 1.165) is 22.2 Å². The van der Waals surface area contributed by atoms with Crippen LogP contribution < -0.4 is 5.56 Å². The Balaban J connectivity index is 2.35. The average Bonchev–Trinajstić information content (AvgIpc) is 2.99. The number of halogens is 3. The number of nitrogens with zero attached hydrogens (tertiary/aromatic N) is 3. The number of hydrogen-bond donors (Lipinski definition) is 0. The van der Waals surface area contributed by atoms with E-state index in [1.54, 1.807) is 24.4 Å². The number of aromatic nitrogens is 2. The maximum absolute atomic E-state index is 13.5. The van der Waals surface area contributed by atoms with Crippen LogP contribution in [0.2, 0.25) is 0 Å². The third-order valence-electron chi connectivity index (χ3n) is 4.22. The fourth-order valence-electron chi connectivity index (χ4n) is 3.14. The van der Waals surface area contributed by atoms with Crippen molar-refractivity contribution < 1.29 is 13.2 Å². The zero-order valence-corrected chi connectivity index (χ0v) is 16.2. The molecule has 0 amide bonds. The highest BCUT2D eigenvalue weighted by molar-refractivity contribution is 7.09. The van der Waals surface area contributed by atoms with Gasteiger partial charge in [0, 0.05) is 5.38 Å². The fourth-order valence-corrected chi connectivity index (χ4v) is 3.74.